The first kappa shape index (κ1) is 15.7. The van der Waals surface area contributed by atoms with Crippen molar-refractivity contribution in [3.8, 4) is 0 Å². The zero-order valence-electron chi connectivity index (χ0n) is 12.1. The third kappa shape index (κ3) is 3.80. The van der Waals surface area contributed by atoms with Crippen molar-refractivity contribution < 1.29 is 0 Å². The molecule has 0 aliphatic rings. The summed E-state index contributed by atoms with van der Waals surface area (Å²) >= 11 is 3.67. The summed E-state index contributed by atoms with van der Waals surface area (Å²) in [6.07, 6.45) is 0.967. The van der Waals surface area contributed by atoms with E-state index in [1.165, 1.54) is 5.69 Å². The molecule has 0 aliphatic heterocycles. The molecule has 0 aromatic carbocycles. The molecule has 4 nitrogen and oxygen atoms in total. The summed E-state index contributed by atoms with van der Waals surface area (Å²) in [6.45, 7) is 9.24. The summed E-state index contributed by atoms with van der Waals surface area (Å²) in [4.78, 5) is 2.22. The van der Waals surface area contributed by atoms with Crippen molar-refractivity contribution in [2.24, 2.45) is 0 Å². The van der Waals surface area contributed by atoms with Gasteiger partial charge in [0.2, 0.25) is 0 Å². The molecule has 0 radical (unpaired) electrons. The maximum atomic E-state index is 4.60. The smallest absolute Gasteiger partial charge is 0.0767 e. The third-order valence-electron chi connectivity index (χ3n) is 3.31. The predicted molar refractivity (Wildman–Crippen MR) is 79.8 cm³/mol. The van der Waals surface area contributed by atoms with Gasteiger partial charge in [0.15, 0.2) is 0 Å². The van der Waals surface area contributed by atoms with E-state index in [0.29, 0.717) is 6.04 Å². The highest BCUT2D eigenvalue weighted by atomic mass is 79.9. The highest BCUT2D eigenvalue weighted by Gasteiger charge is 2.13. The second-order valence-electron chi connectivity index (χ2n) is 4.82. The maximum Gasteiger partial charge on any atom is 0.0767 e. The molecular weight excluding hydrogens is 292 g/mol. The summed E-state index contributed by atoms with van der Waals surface area (Å²) < 4.78 is 3.24. The number of halogens is 1. The van der Waals surface area contributed by atoms with Gasteiger partial charge in [0.1, 0.15) is 0 Å². The molecule has 1 rings (SSSR count). The summed E-state index contributed by atoms with van der Waals surface area (Å²) in [5, 5.41) is 8.10. The van der Waals surface area contributed by atoms with Gasteiger partial charge in [0, 0.05) is 25.7 Å². The first-order chi connectivity index (χ1) is 8.51. The monoisotopic (exact) mass is 316 g/mol. The molecule has 0 fully saturated rings. The number of hydrogen-bond acceptors (Lipinski definition) is 3. The Balaban J connectivity index is 2.64. The molecule has 0 saturated carbocycles. The van der Waals surface area contributed by atoms with Crippen LogP contribution in [0.25, 0.3) is 0 Å². The fourth-order valence-corrected chi connectivity index (χ4v) is 2.47. The van der Waals surface area contributed by atoms with E-state index >= 15 is 0 Å². The normalized spacial score (nSPS) is 13.3. The largest absolute Gasteiger partial charge is 0.310 e. The molecule has 104 valence electrons. The molecule has 18 heavy (non-hydrogen) atoms. The van der Waals surface area contributed by atoms with Crippen LogP contribution in [0.15, 0.2) is 4.47 Å². The molecule has 1 aromatic heterocycles. The van der Waals surface area contributed by atoms with Crippen molar-refractivity contribution in [2.45, 2.75) is 46.3 Å². The third-order valence-corrected chi connectivity index (χ3v) is 4.22. The van der Waals surface area contributed by atoms with E-state index in [9.17, 15) is 0 Å². The number of rotatable bonds is 7. The lowest BCUT2D eigenvalue weighted by molar-refractivity contribution is 0.301. The summed E-state index contributed by atoms with van der Waals surface area (Å²) in [5.74, 6) is 0. The zero-order chi connectivity index (χ0) is 13.7. The quantitative estimate of drug-likeness (QED) is 0.837. The van der Waals surface area contributed by atoms with Crippen LogP contribution in [0.1, 0.15) is 32.2 Å². The first-order valence-corrected chi connectivity index (χ1v) is 7.41. The summed E-state index contributed by atoms with van der Waals surface area (Å²) in [6, 6.07) is 0.535. The van der Waals surface area contributed by atoms with Crippen molar-refractivity contribution in [2.75, 3.05) is 20.6 Å². The second-order valence-corrected chi connectivity index (χ2v) is 5.61. The summed E-state index contributed by atoms with van der Waals surface area (Å²) in [7, 11) is 4.21. The van der Waals surface area contributed by atoms with Gasteiger partial charge in [-0.05, 0) is 50.3 Å². The minimum atomic E-state index is 0.535. The van der Waals surface area contributed by atoms with Crippen molar-refractivity contribution in [3.63, 3.8) is 0 Å². The van der Waals surface area contributed by atoms with E-state index in [1.54, 1.807) is 0 Å². The number of nitrogens with zero attached hydrogens (tertiary/aromatic N) is 3. The first-order valence-electron chi connectivity index (χ1n) is 6.62. The molecule has 1 N–H and O–H groups in total. The van der Waals surface area contributed by atoms with Crippen LogP contribution in [-0.2, 0) is 19.5 Å². The second kappa shape index (κ2) is 7.26. The van der Waals surface area contributed by atoms with Crippen molar-refractivity contribution in [3.05, 3.63) is 15.9 Å². The highest BCUT2D eigenvalue weighted by molar-refractivity contribution is 9.10. The molecule has 0 aliphatic carbocycles. The standard InChI is InChI=1S/C13H25BrN4/c1-6-11-13(14)12(18(7-2)16-11)9-15-8-10(3)17(4)5/h10,15H,6-9H2,1-5H3. The average molecular weight is 317 g/mol. The zero-order valence-corrected chi connectivity index (χ0v) is 13.7. The Morgan fingerprint density at radius 3 is 2.56 bits per heavy atom. The van der Waals surface area contributed by atoms with Gasteiger partial charge < -0.3 is 10.2 Å². The van der Waals surface area contributed by atoms with Gasteiger partial charge in [0.25, 0.3) is 0 Å². The molecule has 1 atom stereocenters. The molecule has 0 amide bonds. The van der Waals surface area contributed by atoms with Crippen LogP contribution in [0.4, 0.5) is 0 Å². The Morgan fingerprint density at radius 2 is 2.06 bits per heavy atom. The van der Waals surface area contributed by atoms with Crippen LogP contribution in [0.2, 0.25) is 0 Å². The SMILES string of the molecule is CCc1nn(CC)c(CNCC(C)N(C)C)c1Br. The Bertz CT molecular complexity index is 373. The van der Waals surface area contributed by atoms with Gasteiger partial charge in [-0.25, -0.2) is 0 Å². The number of hydrogen-bond donors (Lipinski definition) is 1. The highest BCUT2D eigenvalue weighted by Crippen LogP contribution is 2.22. The molecule has 1 unspecified atom stereocenters. The van der Waals surface area contributed by atoms with E-state index in [0.717, 1.165) is 36.2 Å². The average Bonchev–Trinajstić information content (AvgIpc) is 2.65. The lowest BCUT2D eigenvalue weighted by atomic mass is 10.3. The van der Waals surface area contributed by atoms with Crippen LogP contribution in [0, 0.1) is 0 Å². The molecule has 0 bridgehead atoms. The number of likely N-dealkylation sites (N-methyl/N-ethyl adjacent to an activating group) is 1. The Labute approximate surface area is 119 Å². The lowest BCUT2D eigenvalue weighted by Crippen LogP contribution is -2.35. The molecule has 0 spiro atoms. The predicted octanol–water partition coefficient (Wildman–Crippen LogP) is 2.27. The number of aryl methyl sites for hydroxylation is 2. The van der Waals surface area contributed by atoms with E-state index in [4.69, 9.17) is 0 Å². The minimum Gasteiger partial charge on any atom is -0.310 e. The van der Waals surface area contributed by atoms with E-state index in [2.05, 4.69) is 70.8 Å². The number of aromatic nitrogens is 2. The Hall–Kier alpha value is -0.390. The van der Waals surface area contributed by atoms with Crippen LogP contribution in [0.5, 0.6) is 0 Å². The fraction of sp³-hybridized carbons (Fsp3) is 0.769. The van der Waals surface area contributed by atoms with Gasteiger partial charge >= 0.3 is 0 Å². The van der Waals surface area contributed by atoms with Gasteiger partial charge in [0.05, 0.1) is 15.9 Å². The number of nitrogens with one attached hydrogen (secondary N) is 1. The van der Waals surface area contributed by atoms with Crippen LogP contribution >= 0.6 is 15.9 Å². The van der Waals surface area contributed by atoms with E-state index in [-0.39, 0.29) is 0 Å². The Kier molecular flexibility index (Phi) is 6.32. The molecular formula is C13H25BrN4. The van der Waals surface area contributed by atoms with Crippen molar-refractivity contribution in [1.29, 1.82) is 0 Å². The van der Waals surface area contributed by atoms with Crippen molar-refractivity contribution in [1.82, 2.24) is 20.0 Å². The van der Waals surface area contributed by atoms with E-state index < -0.39 is 0 Å². The van der Waals surface area contributed by atoms with Crippen LogP contribution in [0.3, 0.4) is 0 Å². The maximum absolute atomic E-state index is 4.60. The van der Waals surface area contributed by atoms with Gasteiger partial charge in [-0.2, -0.15) is 5.10 Å². The fourth-order valence-electron chi connectivity index (χ4n) is 1.77. The molecule has 1 heterocycles. The Morgan fingerprint density at radius 1 is 1.39 bits per heavy atom. The van der Waals surface area contributed by atoms with Crippen LogP contribution < -0.4 is 5.32 Å². The van der Waals surface area contributed by atoms with Crippen molar-refractivity contribution >= 4 is 15.9 Å². The van der Waals surface area contributed by atoms with Gasteiger partial charge in [-0.15, -0.1) is 0 Å². The molecule has 0 saturated heterocycles. The van der Waals surface area contributed by atoms with E-state index in [1.807, 2.05) is 0 Å². The molecule has 5 heteroatoms. The van der Waals surface area contributed by atoms with Gasteiger partial charge in [-0.1, -0.05) is 6.92 Å². The topological polar surface area (TPSA) is 33.1 Å². The van der Waals surface area contributed by atoms with Crippen LogP contribution in [-0.4, -0.2) is 41.4 Å². The molecule has 1 aromatic rings. The minimum absolute atomic E-state index is 0.535. The van der Waals surface area contributed by atoms with Gasteiger partial charge in [-0.3, -0.25) is 4.68 Å². The summed E-state index contributed by atoms with van der Waals surface area (Å²) in [5.41, 5.74) is 2.40. The lowest BCUT2D eigenvalue weighted by Gasteiger charge is -2.20.